The van der Waals surface area contributed by atoms with Gasteiger partial charge in [-0.05, 0) is 42.7 Å². The van der Waals surface area contributed by atoms with E-state index in [1.165, 1.54) is 52.0 Å². The number of sulfonamides is 1. The van der Waals surface area contributed by atoms with Gasteiger partial charge in [-0.2, -0.15) is 9.40 Å². The summed E-state index contributed by atoms with van der Waals surface area (Å²) < 4.78 is 27.9. The Kier molecular flexibility index (Phi) is 5.97. The molecular formula is C20H20N6O5S. The summed E-state index contributed by atoms with van der Waals surface area (Å²) in [6.45, 7) is 1.20. The predicted octanol–water partition coefficient (Wildman–Crippen LogP) is 1.89. The Labute approximate surface area is 183 Å². The molecule has 1 aromatic heterocycles. The van der Waals surface area contributed by atoms with E-state index in [0.29, 0.717) is 18.7 Å². The van der Waals surface area contributed by atoms with Crippen molar-refractivity contribution in [1.29, 1.82) is 0 Å². The number of nitrogens with zero attached hydrogens (tertiary/aromatic N) is 5. The van der Waals surface area contributed by atoms with Crippen LogP contribution in [0, 0.1) is 10.1 Å². The van der Waals surface area contributed by atoms with Gasteiger partial charge < -0.3 is 5.32 Å². The quantitative estimate of drug-likeness (QED) is 0.423. The van der Waals surface area contributed by atoms with Crippen LogP contribution in [0.15, 0.2) is 60.0 Å². The standard InChI is InChI=1S/C20H20N6O5S/c27-20(16-5-8-18(19(11-16)26(28)29)25-14-21-13-23-25)22-12-15-3-6-17(7-4-15)32(30,31)24-9-1-2-10-24/h3-8,11,13-14H,1-2,9-10,12H2,(H,22,27). The fraction of sp³-hybridized carbons (Fsp3) is 0.250. The number of benzene rings is 2. The summed E-state index contributed by atoms with van der Waals surface area (Å²) >= 11 is 0. The minimum absolute atomic E-state index is 0.119. The van der Waals surface area contributed by atoms with Crippen LogP contribution in [0.25, 0.3) is 5.69 Å². The van der Waals surface area contributed by atoms with Gasteiger partial charge in [-0.25, -0.2) is 18.1 Å². The van der Waals surface area contributed by atoms with Crippen molar-refractivity contribution < 1.29 is 18.1 Å². The first-order valence-electron chi connectivity index (χ1n) is 9.87. The SMILES string of the molecule is O=C(NCc1ccc(S(=O)(=O)N2CCCC2)cc1)c1ccc(-n2cncn2)c([N+](=O)[O-])c1. The van der Waals surface area contributed by atoms with E-state index >= 15 is 0 Å². The zero-order valence-corrected chi connectivity index (χ0v) is 17.7. The molecule has 1 amide bonds. The summed E-state index contributed by atoms with van der Waals surface area (Å²) in [5.41, 5.74) is 0.736. The molecule has 0 unspecified atom stereocenters. The van der Waals surface area contributed by atoms with E-state index in [1.807, 2.05) is 0 Å². The molecule has 0 aliphatic carbocycles. The second kappa shape index (κ2) is 8.85. The van der Waals surface area contributed by atoms with E-state index in [9.17, 15) is 23.3 Å². The smallest absolute Gasteiger partial charge is 0.295 e. The molecule has 2 aromatic carbocycles. The number of amides is 1. The summed E-state index contributed by atoms with van der Waals surface area (Å²) in [6, 6.07) is 10.4. The first-order valence-corrected chi connectivity index (χ1v) is 11.3. The Bertz CT molecular complexity index is 1240. The highest BCUT2D eigenvalue weighted by atomic mass is 32.2. The molecule has 166 valence electrons. The van der Waals surface area contributed by atoms with Crippen LogP contribution in [0.3, 0.4) is 0 Å². The number of nitrogens with one attached hydrogen (secondary N) is 1. The number of carbonyl (C=O) groups excluding carboxylic acids is 1. The molecule has 1 aliphatic heterocycles. The average molecular weight is 456 g/mol. The Morgan fingerprint density at radius 1 is 1.12 bits per heavy atom. The normalized spacial score (nSPS) is 14.4. The number of hydrogen-bond donors (Lipinski definition) is 1. The molecule has 2 heterocycles. The van der Waals surface area contributed by atoms with E-state index in [2.05, 4.69) is 15.4 Å². The molecule has 1 N–H and O–H groups in total. The molecule has 0 bridgehead atoms. The lowest BCUT2D eigenvalue weighted by Gasteiger charge is -2.15. The zero-order chi connectivity index (χ0) is 22.7. The van der Waals surface area contributed by atoms with Crippen LogP contribution in [-0.4, -0.2) is 51.4 Å². The van der Waals surface area contributed by atoms with E-state index in [1.54, 1.807) is 12.1 Å². The Morgan fingerprint density at radius 2 is 1.84 bits per heavy atom. The molecular weight excluding hydrogens is 436 g/mol. The number of aromatic nitrogens is 3. The molecule has 4 rings (SSSR count). The summed E-state index contributed by atoms with van der Waals surface area (Å²) in [5, 5.41) is 18.0. The van der Waals surface area contributed by atoms with Gasteiger partial charge >= 0.3 is 0 Å². The van der Waals surface area contributed by atoms with Gasteiger partial charge in [0, 0.05) is 31.3 Å². The number of hydrogen-bond acceptors (Lipinski definition) is 7. The van der Waals surface area contributed by atoms with E-state index in [4.69, 9.17) is 0 Å². The molecule has 12 heteroatoms. The Morgan fingerprint density at radius 3 is 2.47 bits per heavy atom. The van der Waals surface area contributed by atoms with Gasteiger partial charge in [-0.15, -0.1) is 0 Å². The van der Waals surface area contributed by atoms with Crippen molar-refractivity contribution in [2.24, 2.45) is 0 Å². The van der Waals surface area contributed by atoms with Crippen LogP contribution < -0.4 is 5.32 Å². The summed E-state index contributed by atoms with van der Waals surface area (Å²) in [7, 11) is -3.49. The molecule has 11 nitrogen and oxygen atoms in total. The molecule has 1 fully saturated rings. The van der Waals surface area contributed by atoms with E-state index < -0.39 is 20.9 Å². The first kappa shape index (κ1) is 21.6. The van der Waals surface area contributed by atoms with Gasteiger partial charge in [0.1, 0.15) is 18.3 Å². The van der Waals surface area contributed by atoms with Crippen LogP contribution in [0.4, 0.5) is 5.69 Å². The lowest BCUT2D eigenvalue weighted by Crippen LogP contribution is -2.28. The van der Waals surface area contributed by atoms with E-state index in [-0.39, 0.29) is 28.4 Å². The lowest BCUT2D eigenvalue weighted by atomic mass is 10.1. The highest BCUT2D eigenvalue weighted by Gasteiger charge is 2.27. The fourth-order valence-corrected chi connectivity index (χ4v) is 5.00. The minimum Gasteiger partial charge on any atom is -0.348 e. The fourth-order valence-electron chi connectivity index (χ4n) is 3.48. The second-order valence-corrected chi connectivity index (χ2v) is 9.18. The maximum absolute atomic E-state index is 12.6. The van der Waals surface area contributed by atoms with Crippen molar-refractivity contribution >= 4 is 21.6 Å². The van der Waals surface area contributed by atoms with Gasteiger partial charge in [0.15, 0.2) is 0 Å². The monoisotopic (exact) mass is 456 g/mol. The zero-order valence-electron chi connectivity index (χ0n) is 16.9. The number of carbonyl (C=O) groups is 1. The van der Waals surface area contributed by atoms with E-state index in [0.717, 1.165) is 12.8 Å². The van der Waals surface area contributed by atoms with Crippen molar-refractivity contribution in [3.05, 3.63) is 76.4 Å². The number of nitro benzene ring substituents is 1. The minimum atomic E-state index is -3.49. The average Bonchev–Trinajstić information content (AvgIpc) is 3.52. The predicted molar refractivity (Wildman–Crippen MR) is 114 cm³/mol. The molecule has 3 aromatic rings. The largest absolute Gasteiger partial charge is 0.348 e. The van der Waals surface area contributed by atoms with Gasteiger partial charge in [-0.1, -0.05) is 12.1 Å². The van der Waals surface area contributed by atoms with Crippen molar-refractivity contribution in [2.45, 2.75) is 24.3 Å². The topological polar surface area (TPSA) is 140 Å². The molecule has 0 saturated carbocycles. The Hall–Kier alpha value is -3.64. The molecule has 0 atom stereocenters. The first-order chi connectivity index (χ1) is 15.4. The van der Waals surface area contributed by atoms with Gasteiger partial charge in [0.05, 0.1) is 9.82 Å². The molecule has 32 heavy (non-hydrogen) atoms. The highest BCUT2D eigenvalue weighted by Crippen LogP contribution is 2.24. The summed E-state index contributed by atoms with van der Waals surface area (Å²) in [5.74, 6) is -0.494. The van der Waals surface area contributed by atoms with Crippen molar-refractivity contribution in [1.82, 2.24) is 24.4 Å². The number of rotatable bonds is 7. The third-order valence-electron chi connectivity index (χ3n) is 5.18. The molecule has 1 aliphatic rings. The molecule has 1 saturated heterocycles. The molecule has 0 radical (unpaired) electrons. The molecule has 0 spiro atoms. The van der Waals surface area contributed by atoms with Gasteiger partial charge in [-0.3, -0.25) is 14.9 Å². The number of nitro groups is 1. The summed E-state index contributed by atoms with van der Waals surface area (Å²) in [4.78, 5) is 27.4. The van der Waals surface area contributed by atoms with Gasteiger partial charge in [0.2, 0.25) is 10.0 Å². The van der Waals surface area contributed by atoms with Crippen LogP contribution in [-0.2, 0) is 16.6 Å². The van der Waals surface area contributed by atoms with Crippen LogP contribution in [0.5, 0.6) is 0 Å². The highest BCUT2D eigenvalue weighted by molar-refractivity contribution is 7.89. The van der Waals surface area contributed by atoms with Crippen molar-refractivity contribution in [2.75, 3.05) is 13.1 Å². The van der Waals surface area contributed by atoms with Gasteiger partial charge in [0.25, 0.3) is 11.6 Å². The second-order valence-electron chi connectivity index (χ2n) is 7.24. The van der Waals surface area contributed by atoms with Crippen molar-refractivity contribution in [3.63, 3.8) is 0 Å². The summed E-state index contributed by atoms with van der Waals surface area (Å²) in [6.07, 6.45) is 4.31. The van der Waals surface area contributed by atoms with Crippen LogP contribution >= 0.6 is 0 Å². The lowest BCUT2D eigenvalue weighted by molar-refractivity contribution is -0.384. The van der Waals surface area contributed by atoms with Crippen molar-refractivity contribution in [3.8, 4) is 5.69 Å². The third kappa shape index (κ3) is 4.36. The third-order valence-corrected chi connectivity index (χ3v) is 7.09. The Balaban J connectivity index is 1.45. The maximum Gasteiger partial charge on any atom is 0.295 e. The maximum atomic E-state index is 12.6. The van der Waals surface area contributed by atoms with Crippen LogP contribution in [0.2, 0.25) is 0 Å². The van der Waals surface area contributed by atoms with Crippen LogP contribution in [0.1, 0.15) is 28.8 Å².